The summed E-state index contributed by atoms with van der Waals surface area (Å²) in [5, 5.41) is 3.04. The lowest BCUT2D eigenvalue weighted by Gasteiger charge is -2.02. The lowest BCUT2D eigenvalue weighted by atomic mass is 10.1. The van der Waals surface area contributed by atoms with Gasteiger partial charge in [0, 0.05) is 29.9 Å². The molecule has 0 saturated carbocycles. The molecule has 0 unspecified atom stereocenters. The van der Waals surface area contributed by atoms with E-state index >= 15 is 0 Å². The summed E-state index contributed by atoms with van der Waals surface area (Å²) in [4.78, 5) is 27.3. The molecular formula is C13H13N3O2S. The zero-order chi connectivity index (χ0) is 13.7. The topological polar surface area (TPSA) is 72.0 Å². The Hall–Kier alpha value is -2.08. The van der Waals surface area contributed by atoms with Crippen molar-refractivity contribution in [2.75, 3.05) is 5.32 Å². The number of hydrogen-bond acceptors (Lipinski definition) is 5. The molecule has 1 aromatic heterocycles. The Morgan fingerprint density at radius 3 is 2.58 bits per heavy atom. The molecule has 2 rings (SSSR count). The van der Waals surface area contributed by atoms with Crippen LogP contribution in [-0.4, -0.2) is 21.0 Å². The Labute approximate surface area is 114 Å². The monoisotopic (exact) mass is 275 g/mol. The van der Waals surface area contributed by atoms with Gasteiger partial charge in [0.15, 0.2) is 5.78 Å². The zero-order valence-corrected chi connectivity index (χ0v) is 11.2. The van der Waals surface area contributed by atoms with Gasteiger partial charge in [-0.2, -0.15) is 4.37 Å². The first-order valence-corrected chi connectivity index (χ1v) is 6.59. The molecule has 1 aromatic carbocycles. The maximum absolute atomic E-state index is 11.9. The van der Waals surface area contributed by atoms with Crippen LogP contribution in [0.15, 0.2) is 30.6 Å². The number of rotatable bonds is 5. The fourth-order valence-electron chi connectivity index (χ4n) is 1.52. The molecule has 0 atom stereocenters. The lowest BCUT2D eigenvalue weighted by Crippen LogP contribution is -2.13. The van der Waals surface area contributed by atoms with Gasteiger partial charge in [-0.3, -0.25) is 9.59 Å². The van der Waals surface area contributed by atoms with E-state index in [2.05, 4.69) is 14.7 Å². The molecule has 2 aromatic rings. The van der Waals surface area contributed by atoms with E-state index in [0.29, 0.717) is 10.7 Å². The lowest BCUT2D eigenvalue weighted by molar-refractivity contribution is -0.116. The van der Waals surface area contributed by atoms with Gasteiger partial charge in [-0.15, -0.1) is 0 Å². The Bertz CT molecular complexity index is 564. The van der Waals surface area contributed by atoms with Crippen LogP contribution >= 0.6 is 11.5 Å². The van der Waals surface area contributed by atoms with Gasteiger partial charge in [0.2, 0.25) is 11.0 Å². The third-order valence-corrected chi connectivity index (χ3v) is 3.14. The predicted octanol–water partition coefficient (Wildman–Crippen LogP) is 2.45. The third-order valence-electron chi connectivity index (χ3n) is 2.56. The van der Waals surface area contributed by atoms with Crippen LogP contribution in [0, 0.1) is 6.92 Å². The number of aryl methyl sites for hydroxylation is 1. The van der Waals surface area contributed by atoms with Crippen molar-refractivity contribution in [1.82, 2.24) is 9.36 Å². The highest BCUT2D eigenvalue weighted by Crippen LogP contribution is 2.10. The summed E-state index contributed by atoms with van der Waals surface area (Å²) in [5.74, 6) is -0.260. The minimum atomic E-state index is -0.225. The fourth-order valence-corrected chi connectivity index (χ4v) is 1.97. The molecule has 1 heterocycles. The van der Waals surface area contributed by atoms with Crippen LogP contribution in [0.25, 0.3) is 0 Å². The van der Waals surface area contributed by atoms with Crippen molar-refractivity contribution >= 4 is 28.4 Å². The van der Waals surface area contributed by atoms with Crippen LogP contribution in [0.5, 0.6) is 0 Å². The molecule has 0 saturated heterocycles. The molecule has 0 radical (unpaired) electrons. The smallest absolute Gasteiger partial charge is 0.226 e. The van der Waals surface area contributed by atoms with E-state index in [0.717, 1.165) is 17.1 Å². The fraction of sp³-hybridized carbons (Fsp3) is 0.231. The standard InChI is InChI=1S/C13H13N3O2S/c1-9-2-4-10(5-3-9)11(17)6-7-12(18)16-13-14-8-15-19-13/h2-5,8H,6-7H2,1H3,(H,14,15,16,18). The predicted molar refractivity (Wildman–Crippen MR) is 73.3 cm³/mol. The number of ketones is 1. The van der Waals surface area contributed by atoms with Gasteiger partial charge in [0.1, 0.15) is 6.33 Å². The van der Waals surface area contributed by atoms with Crippen molar-refractivity contribution < 1.29 is 9.59 Å². The molecule has 0 bridgehead atoms. The van der Waals surface area contributed by atoms with Crippen molar-refractivity contribution in [2.24, 2.45) is 0 Å². The van der Waals surface area contributed by atoms with E-state index in [4.69, 9.17) is 0 Å². The SMILES string of the molecule is Cc1ccc(C(=O)CCC(=O)Nc2ncns2)cc1. The van der Waals surface area contributed by atoms with E-state index in [9.17, 15) is 9.59 Å². The first-order chi connectivity index (χ1) is 9.15. The van der Waals surface area contributed by atoms with Crippen molar-refractivity contribution in [3.8, 4) is 0 Å². The summed E-state index contributed by atoms with van der Waals surface area (Å²) in [6, 6.07) is 7.32. The average molecular weight is 275 g/mol. The normalized spacial score (nSPS) is 10.2. The van der Waals surface area contributed by atoms with Gasteiger partial charge in [-0.25, -0.2) is 4.98 Å². The second-order valence-electron chi connectivity index (χ2n) is 4.08. The second-order valence-corrected chi connectivity index (χ2v) is 4.86. The van der Waals surface area contributed by atoms with E-state index in [1.165, 1.54) is 6.33 Å². The van der Waals surface area contributed by atoms with Gasteiger partial charge in [-0.05, 0) is 6.92 Å². The molecule has 0 spiro atoms. The van der Waals surface area contributed by atoms with Crippen molar-refractivity contribution in [3.63, 3.8) is 0 Å². The highest BCUT2D eigenvalue weighted by Gasteiger charge is 2.10. The summed E-state index contributed by atoms with van der Waals surface area (Å²) in [6.45, 7) is 1.96. The summed E-state index contributed by atoms with van der Waals surface area (Å²) >= 11 is 1.11. The van der Waals surface area contributed by atoms with Crippen LogP contribution in [0.1, 0.15) is 28.8 Å². The summed E-state index contributed by atoms with van der Waals surface area (Å²) < 4.78 is 3.78. The third kappa shape index (κ3) is 3.96. The zero-order valence-electron chi connectivity index (χ0n) is 10.4. The molecular weight excluding hydrogens is 262 g/mol. The summed E-state index contributed by atoms with van der Waals surface area (Å²) in [6.07, 6.45) is 1.71. The number of amides is 1. The highest BCUT2D eigenvalue weighted by molar-refractivity contribution is 7.09. The molecule has 0 aliphatic rings. The number of nitrogens with one attached hydrogen (secondary N) is 1. The Kier molecular flexibility index (Phi) is 4.35. The van der Waals surface area contributed by atoms with Gasteiger partial charge in [0.25, 0.3) is 0 Å². The number of carbonyl (C=O) groups excluding carboxylic acids is 2. The molecule has 19 heavy (non-hydrogen) atoms. The van der Waals surface area contributed by atoms with Gasteiger partial charge in [-0.1, -0.05) is 29.8 Å². The molecule has 0 fully saturated rings. The summed E-state index contributed by atoms with van der Waals surface area (Å²) in [7, 11) is 0. The van der Waals surface area contributed by atoms with E-state index in [1.54, 1.807) is 12.1 Å². The van der Waals surface area contributed by atoms with E-state index in [1.807, 2.05) is 19.1 Å². The minimum absolute atomic E-state index is 0.0348. The minimum Gasteiger partial charge on any atom is -0.301 e. The number of nitrogens with zero attached hydrogens (tertiary/aromatic N) is 2. The number of carbonyl (C=O) groups is 2. The van der Waals surface area contributed by atoms with Crippen molar-refractivity contribution in [1.29, 1.82) is 0 Å². The molecule has 98 valence electrons. The molecule has 6 heteroatoms. The molecule has 0 aliphatic heterocycles. The first kappa shape index (κ1) is 13.4. The van der Waals surface area contributed by atoms with Crippen LogP contribution in [-0.2, 0) is 4.79 Å². The number of benzene rings is 1. The molecule has 5 nitrogen and oxygen atoms in total. The number of anilines is 1. The van der Waals surface area contributed by atoms with Crippen molar-refractivity contribution in [3.05, 3.63) is 41.7 Å². The second kappa shape index (κ2) is 6.19. The molecule has 1 amide bonds. The highest BCUT2D eigenvalue weighted by atomic mass is 32.1. The van der Waals surface area contributed by atoms with Gasteiger partial charge >= 0.3 is 0 Å². The van der Waals surface area contributed by atoms with Gasteiger partial charge in [0.05, 0.1) is 0 Å². The van der Waals surface area contributed by atoms with Crippen LogP contribution in [0.4, 0.5) is 5.13 Å². The Morgan fingerprint density at radius 1 is 1.21 bits per heavy atom. The number of hydrogen-bond donors (Lipinski definition) is 1. The number of aromatic nitrogens is 2. The largest absolute Gasteiger partial charge is 0.301 e. The Morgan fingerprint density at radius 2 is 1.95 bits per heavy atom. The molecule has 1 N–H and O–H groups in total. The van der Waals surface area contributed by atoms with Crippen LogP contribution in [0.2, 0.25) is 0 Å². The van der Waals surface area contributed by atoms with Crippen molar-refractivity contribution in [2.45, 2.75) is 19.8 Å². The van der Waals surface area contributed by atoms with Gasteiger partial charge < -0.3 is 5.32 Å². The Balaban J connectivity index is 1.83. The average Bonchev–Trinajstić information content (AvgIpc) is 2.89. The number of Topliss-reactive ketones (excluding diaryl/α,β-unsaturated/α-hetero) is 1. The van der Waals surface area contributed by atoms with E-state index < -0.39 is 0 Å². The van der Waals surface area contributed by atoms with Crippen LogP contribution < -0.4 is 5.32 Å². The quantitative estimate of drug-likeness (QED) is 0.851. The van der Waals surface area contributed by atoms with Crippen LogP contribution in [0.3, 0.4) is 0 Å². The first-order valence-electron chi connectivity index (χ1n) is 5.81. The maximum atomic E-state index is 11.9. The van der Waals surface area contributed by atoms with E-state index in [-0.39, 0.29) is 24.5 Å². The maximum Gasteiger partial charge on any atom is 0.226 e. The summed E-state index contributed by atoms with van der Waals surface area (Å²) in [5.41, 5.74) is 1.74. The molecule has 0 aliphatic carbocycles.